The van der Waals surface area contributed by atoms with Crippen LogP contribution in [0.25, 0.3) is 0 Å². The minimum atomic E-state index is -0.869. The van der Waals surface area contributed by atoms with Gasteiger partial charge in [0.1, 0.15) is 0 Å². The van der Waals surface area contributed by atoms with Gasteiger partial charge in [0.15, 0.2) is 0 Å². The van der Waals surface area contributed by atoms with Gasteiger partial charge in [-0.15, -0.1) is 0 Å². The summed E-state index contributed by atoms with van der Waals surface area (Å²) in [6.07, 6.45) is 0.851. The SMILES string of the molecule is CCCN(CC(=O)NC(C)COC)C1COCC1C(=O)O. The maximum Gasteiger partial charge on any atom is 0.310 e. The van der Waals surface area contributed by atoms with Crippen LogP contribution in [0.4, 0.5) is 0 Å². The molecule has 0 radical (unpaired) electrons. The van der Waals surface area contributed by atoms with E-state index in [0.717, 1.165) is 6.42 Å². The summed E-state index contributed by atoms with van der Waals surface area (Å²) in [5, 5.41) is 12.1. The highest BCUT2D eigenvalue weighted by molar-refractivity contribution is 5.78. The second-order valence-electron chi connectivity index (χ2n) is 5.44. The van der Waals surface area contributed by atoms with Crippen molar-refractivity contribution >= 4 is 11.9 Å². The van der Waals surface area contributed by atoms with E-state index in [2.05, 4.69) is 5.32 Å². The average Bonchev–Trinajstić information content (AvgIpc) is 2.87. The zero-order chi connectivity index (χ0) is 15.8. The molecule has 21 heavy (non-hydrogen) atoms. The number of carboxylic acids is 1. The first-order valence-corrected chi connectivity index (χ1v) is 7.32. The Bertz CT molecular complexity index is 350. The molecule has 0 saturated carbocycles. The molecule has 3 unspecified atom stereocenters. The van der Waals surface area contributed by atoms with Crippen LogP contribution in [-0.4, -0.2) is 74.0 Å². The smallest absolute Gasteiger partial charge is 0.310 e. The largest absolute Gasteiger partial charge is 0.481 e. The van der Waals surface area contributed by atoms with Crippen LogP contribution >= 0.6 is 0 Å². The number of hydrogen-bond acceptors (Lipinski definition) is 5. The molecule has 7 nitrogen and oxygen atoms in total. The van der Waals surface area contributed by atoms with Crippen molar-refractivity contribution in [3.05, 3.63) is 0 Å². The van der Waals surface area contributed by atoms with E-state index in [9.17, 15) is 14.7 Å². The third-order valence-electron chi connectivity index (χ3n) is 3.52. The molecule has 1 amide bonds. The van der Waals surface area contributed by atoms with Crippen molar-refractivity contribution in [2.45, 2.75) is 32.4 Å². The lowest BCUT2D eigenvalue weighted by Gasteiger charge is -2.29. The lowest BCUT2D eigenvalue weighted by Crippen LogP contribution is -2.49. The fourth-order valence-electron chi connectivity index (χ4n) is 2.58. The van der Waals surface area contributed by atoms with Crippen LogP contribution in [0.2, 0.25) is 0 Å². The molecule has 0 aromatic rings. The summed E-state index contributed by atoms with van der Waals surface area (Å²) in [7, 11) is 1.58. The number of amides is 1. The van der Waals surface area contributed by atoms with Crippen LogP contribution in [0.1, 0.15) is 20.3 Å². The Balaban J connectivity index is 2.60. The summed E-state index contributed by atoms with van der Waals surface area (Å²) < 4.78 is 10.3. The minimum absolute atomic E-state index is 0.0684. The van der Waals surface area contributed by atoms with E-state index >= 15 is 0 Å². The minimum Gasteiger partial charge on any atom is -0.481 e. The lowest BCUT2D eigenvalue weighted by atomic mass is 10.0. The number of carbonyl (C=O) groups is 2. The van der Waals surface area contributed by atoms with Crippen LogP contribution in [0.5, 0.6) is 0 Å². The number of methoxy groups -OCH3 is 1. The summed E-state index contributed by atoms with van der Waals surface area (Å²) in [6.45, 7) is 5.74. The summed E-state index contributed by atoms with van der Waals surface area (Å²) in [5.41, 5.74) is 0. The molecular weight excluding hydrogens is 276 g/mol. The molecule has 3 atom stereocenters. The van der Waals surface area contributed by atoms with E-state index in [4.69, 9.17) is 9.47 Å². The standard InChI is InChI=1S/C14H26N2O5/c1-4-5-16(6-13(17)15-10(2)7-20-3)12-9-21-8-11(12)14(18)19/h10-12H,4-9H2,1-3H3,(H,15,17)(H,18,19). The molecule has 122 valence electrons. The maximum absolute atomic E-state index is 12.1. The van der Waals surface area contributed by atoms with Gasteiger partial charge in [-0.3, -0.25) is 14.5 Å². The Kier molecular flexibility index (Phi) is 7.63. The van der Waals surface area contributed by atoms with Gasteiger partial charge in [0.05, 0.1) is 32.3 Å². The summed E-state index contributed by atoms with van der Waals surface area (Å²) >= 11 is 0. The van der Waals surface area contributed by atoms with E-state index in [1.54, 1.807) is 7.11 Å². The molecule has 1 aliphatic rings. The predicted octanol–water partition coefficient (Wildman–Crippen LogP) is -0.0509. The molecule has 7 heteroatoms. The number of carboxylic acid groups (broad SMARTS) is 1. The van der Waals surface area contributed by atoms with E-state index in [1.807, 2.05) is 18.7 Å². The van der Waals surface area contributed by atoms with Crippen molar-refractivity contribution in [3.63, 3.8) is 0 Å². The molecule has 2 N–H and O–H groups in total. The second kappa shape index (κ2) is 8.96. The molecular formula is C14H26N2O5. The lowest BCUT2D eigenvalue weighted by molar-refractivity contribution is -0.143. The number of nitrogens with one attached hydrogen (secondary N) is 1. The summed E-state index contributed by atoms with van der Waals surface area (Å²) in [5.74, 6) is -1.56. The third-order valence-corrected chi connectivity index (χ3v) is 3.52. The van der Waals surface area contributed by atoms with Crippen molar-refractivity contribution < 1.29 is 24.2 Å². The fraction of sp³-hybridized carbons (Fsp3) is 0.857. The number of nitrogens with zero attached hydrogens (tertiary/aromatic N) is 1. The first-order valence-electron chi connectivity index (χ1n) is 7.32. The van der Waals surface area contributed by atoms with Crippen molar-refractivity contribution in [2.24, 2.45) is 5.92 Å². The van der Waals surface area contributed by atoms with Crippen LogP contribution in [0.15, 0.2) is 0 Å². The zero-order valence-electron chi connectivity index (χ0n) is 13.0. The highest BCUT2D eigenvalue weighted by atomic mass is 16.5. The van der Waals surface area contributed by atoms with Crippen molar-refractivity contribution in [1.29, 1.82) is 0 Å². The van der Waals surface area contributed by atoms with Gasteiger partial charge in [0.2, 0.25) is 5.91 Å². The number of hydrogen-bond donors (Lipinski definition) is 2. The van der Waals surface area contributed by atoms with Gasteiger partial charge in [-0.05, 0) is 19.9 Å². The van der Waals surface area contributed by atoms with E-state index in [0.29, 0.717) is 19.8 Å². The Hall–Kier alpha value is -1.18. The molecule has 1 aliphatic heterocycles. The molecule has 1 heterocycles. The topological polar surface area (TPSA) is 88.1 Å². The highest BCUT2D eigenvalue weighted by Crippen LogP contribution is 2.20. The Morgan fingerprint density at radius 2 is 2.19 bits per heavy atom. The van der Waals surface area contributed by atoms with E-state index in [-0.39, 0.29) is 31.1 Å². The fourth-order valence-corrected chi connectivity index (χ4v) is 2.58. The molecule has 0 aliphatic carbocycles. The first kappa shape index (κ1) is 17.9. The van der Waals surface area contributed by atoms with Crippen molar-refractivity contribution in [3.8, 4) is 0 Å². The molecule has 0 bridgehead atoms. The average molecular weight is 302 g/mol. The van der Waals surface area contributed by atoms with Gasteiger partial charge in [0, 0.05) is 19.2 Å². The van der Waals surface area contributed by atoms with Gasteiger partial charge in [-0.1, -0.05) is 6.92 Å². The molecule has 1 rings (SSSR count). The predicted molar refractivity (Wildman–Crippen MR) is 77.1 cm³/mol. The van der Waals surface area contributed by atoms with Gasteiger partial charge in [-0.2, -0.15) is 0 Å². The Labute approximate surface area is 125 Å². The molecule has 0 aromatic heterocycles. The van der Waals surface area contributed by atoms with Gasteiger partial charge >= 0.3 is 5.97 Å². The van der Waals surface area contributed by atoms with Gasteiger partial charge in [0.25, 0.3) is 0 Å². The number of ether oxygens (including phenoxy) is 2. The van der Waals surface area contributed by atoms with Gasteiger partial charge < -0.3 is 19.9 Å². The van der Waals surface area contributed by atoms with Gasteiger partial charge in [-0.25, -0.2) is 0 Å². The number of aliphatic carboxylic acids is 1. The van der Waals surface area contributed by atoms with Crippen molar-refractivity contribution in [1.82, 2.24) is 10.2 Å². The van der Waals surface area contributed by atoms with Crippen LogP contribution in [-0.2, 0) is 19.1 Å². The first-order chi connectivity index (χ1) is 9.99. The summed E-state index contributed by atoms with van der Waals surface area (Å²) in [4.78, 5) is 25.2. The molecule has 0 spiro atoms. The molecule has 1 fully saturated rings. The van der Waals surface area contributed by atoms with E-state index in [1.165, 1.54) is 0 Å². The Morgan fingerprint density at radius 1 is 1.48 bits per heavy atom. The zero-order valence-corrected chi connectivity index (χ0v) is 13.0. The van der Waals surface area contributed by atoms with Crippen LogP contribution in [0, 0.1) is 5.92 Å². The molecule has 1 saturated heterocycles. The van der Waals surface area contributed by atoms with Crippen LogP contribution < -0.4 is 5.32 Å². The quantitative estimate of drug-likeness (QED) is 0.621. The molecule has 0 aromatic carbocycles. The summed E-state index contributed by atoms with van der Waals surface area (Å²) in [6, 6.07) is -0.313. The highest BCUT2D eigenvalue weighted by Gasteiger charge is 2.38. The second-order valence-corrected chi connectivity index (χ2v) is 5.44. The monoisotopic (exact) mass is 302 g/mol. The van der Waals surface area contributed by atoms with E-state index < -0.39 is 11.9 Å². The maximum atomic E-state index is 12.1. The van der Waals surface area contributed by atoms with Crippen LogP contribution in [0.3, 0.4) is 0 Å². The third kappa shape index (κ3) is 5.61. The number of rotatable bonds is 9. The Morgan fingerprint density at radius 3 is 2.76 bits per heavy atom. The normalized spacial score (nSPS) is 23.2. The van der Waals surface area contributed by atoms with Crippen molar-refractivity contribution in [2.75, 3.05) is 40.0 Å². The number of carbonyl (C=O) groups excluding carboxylic acids is 1.